The fourth-order valence-electron chi connectivity index (χ4n) is 6.53. The molecule has 0 atom stereocenters. The Bertz CT molecular complexity index is 2500. The lowest BCUT2D eigenvalue weighted by Crippen LogP contribution is -1.87. The summed E-state index contributed by atoms with van der Waals surface area (Å²) in [5, 5.41) is 14.4. The topological polar surface area (TPSA) is 23.8 Å². The summed E-state index contributed by atoms with van der Waals surface area (Å²) < 4.78 is 5.27. The molecule has 0 saturated carbocycles. The Morgan fingerprint density at radius 2 is 0.696 bits per heavy atom. The zero-order chi connectivity index (χ0) is 30.6. The van der Waals surface area contributed by atoms with Gasteiger partial charge in [0, 0.05) is 40.3 Å². The van der Waals surface area contributed by atoms with Gasteiger partial charge in [0.2, 0.25) is 0 Å². The van der Waals surface area contributed by atoms with Gasteiger partial charge >= 0.3 is 0 Å². The molecule has 2 aromatic heterocycles. The number of hydrogen-bond acceptors (Lipinski definition) is 3. The molecule has 46 heavy (non-hydrogen) atoms. The van der Waals surface area contributed by atoms with Gasteiger partial charge in [-0.25, -0.2) is 0 Å². The number of fused-ring (bicyclic) bond motifs is 6. The van der Waals surface area contributed by atoms with Crippen molar-refractivity contribution >= 4 is 63.0 Å². The van der Waals surface area contributed by atoms with E-state index in [1.54, 1.807) is 0 Å². The molecule has 0 saturated heterocycles. The third-order valence-corrected chi connectivity index (χ3v) is 11.2. The van der Waals surface area contributed by atoms with Crippen molar-refractivity contribution in [1.29, 1.82) is 5.26 Å². The Balaban J connectivity index is 1.20. The molecule has 0 amide bonds. The molecular weight excluding hydrogens is 595 g/mol. The molecule has 0 unspecified atom stereocenters. The summed E-state index contributed by atoms with van der Waals surface area (Å²) in [6, 6.07) is 57.0. The Hall–Kier alpha value is -5.53. The van der Waals surface area contributed by atoms with E-state index in [-0.39, 0.29) is 0 Å². The Labute approximate surface area is 274 Å². The summed E-state index contributed by atoms with van der Waals surface area (Å²) >= 11 is 3.71. The quantitative estimate of drug-likeness (QED) is 0.192. The molecular formula is C43H25NS2. The molecule has 0 aliphatic heterocycles. The summed E-state index contributed by atoms with van der Waals surface area (Å²) in [4.78, 5) is 0. The van der Waals surface area contributed by atoms with Gasteiger partial charge < -0.3 is 0 Å². The minimum atomic E-state index is 0.673. The largest absolute Gasteiger partial charge is 0.192 e. The van der Waals surface area contributed by atoms with Gasteiger partial charge in [0.15, 0.2) is 0 Å². The van der Waals surface area contributed by atoms with Crippen molar-refractivity contribution in [1.82, 2.24) is 0 Å². The second-order valence-electron chi connectivity index (χ2n) is 11.7. The van der Waals surface area contributed by atoms with Gasteiger partial charge in [0.1, 0.15) is 0 Å². The predicted octanol–water partition coefficient (Wildman–Crippen LogP) is 13.0. The van der Waals surface area contributed by atoms with Crippen LogP contribution >= 0.6 is 22.7 Å². The number of nitriles is 1. The molecule has 9 aromatic rings. The Kier molecular flexibility index (Phi) is 6.31. The normalized spacial score (nSPS) is 11.5. The average molecular weight is 620 g/mol. The van der Waals surface area contributed by atoms with Gasteiger partial charge in [-0.15, -0.1) is 22.7 Å². The van der Waals surface area contributed by atoms with Crippen LogP contribution in [0.2, 0.25) is 0 Å². The molecule has 0 spiro atoms. The maximum Gasteiger partial charge on any atom is 0.0991 e. The second-order valence-corrected chi connectivity index (χ2v) is 13.9. The van der Waals surface area contributed by atoms with E-state index in [2.05, 4.69) is 133 Å². The van der Waals surface area contributed by atoms with Crippen LogP contribution in [0.25, 0.3) is 84.9 Å². The second kappa shape index (κ2) is 10.8. The van der Waals surface area contributed by atoms with Gasteiger partial charge in [-0.05, 0) is 111 Å². The smallest absolute Gasteiger partial charge is 0.0991 e. The molecule has 0 bridgehead atoms. The van der Waals surface area contributed by atoms with Crippen LogP contribution in [-0.4, -0.2) is 0 Å². The molecule has 3 heteroatoms. The van der Waals surface area contributed by atoms with Crippen LogP contribution < -0.4 is 0 Å². The van der Waals surface area contributed by atoms with Crippen molar-refractivity contribution in [3.05, 3.63) is 157 Å². The lowest BCUT2D eigenvalue weighted by molar-refractivity contribution is 1.48. The van der Waals surface area contributed by atoms with E-state index in [1.807, 2.05) is 46.9 Å². The summed E-state index contributed by atoms with van der Waals surface area (Å²) in [6.07, 6.45) is 0. The molecule has 0 aliphatic rings. The molecule has 7 aromatic carbocycles. The molecule has 9 rings (SSSR count). The maximum absolute atomic E-state index is 9.20. The summed E-state index contributed by atoms with van der Waals surface area (Å²) in [6.45, 7) is 0. The van der Waals surface area contributed by atoms with Gasteiger partial charge in [-0.3, -0.25) is 0 Å². The minimum absolute atomic E-state index is 0.673. The molecule has 2 heterocycles. The standard InChI is InChI=1S/C43H25NS2/c44-26-27-9-11-28(12-10-27)29-13-15-30(16-14-29)33-21-34(31-17-19-42-38(24-31)36-5-1-3-7-40(36)45-42)23-35(22-33)32-18-20-43-39(25-32)37-6-2-4-8-41(37)46-43/h1-25H. The van der Waals surface area contributed by atoms with Crippen LogP contribution in [0.1, 0.15) is 5.56 Å². The number of benzene rings is 7. The first kappa shape index (κ1) is 26.8. The van der Waals surface area contributed by atoms with E-state index in [1.165, 1.54) is 73.7 Å². The maximum atomic E-state index is 9.20. The molecule has 0 N–H and O–H groups in total. The van der Waals surface area contributed by atoms with Gasteiger partial charge in [0.05, 0.1) is 11.6 Å². The first-order valence-electron chi connectivity index (χ1n) is 15.3. The summed E-state index contributed by atoms with van der Waals surface area (Å²) in [7, 11) is 0. The van der Waals surface area contributed by atoms with E-state index in [9.17, 15) is 5.26 Å². The average Bonchev–Trinajstić information content (AvgIpc) is 3.69. The fourth-order valence-corrected chi connectivity index (χ4v) is 8.70. The zero-order valence-corrected chi connectivity index (χ0v) is 26.3. The first-order valence-corrected chi connectivity index (χ1v) is 16.9. The van der Waals surface area contributed by atoms with E-state index in [0.29, 0.717) is 5.56 Å². The highest BCUT2D eigenvalue weighted by Gasteiger charge is 2.13. The minimum Gasteiger partial charge on any atom is -0.192 e. The number of nitrogens with zero attached hydrogens (tertiary/aromatic N) is 1. The van der Waals surface area contributed by atoms with Crippen molar-refractivity contribution < 1.29 is 0 Å². The van der Waals surface area contributed by atoms with Crippen molar-refractivity contribution in [2.75, 3.05) is 0 Å². The highest BCUT2D eigenvalue weighted by Crippen LogP contribution is 2.41. The van der Waals surface area contributed by atoms with Crippen LogP contribution in [0.5, 0.6) is 0 Å². The summed E-state index contributed by atoms with van der Waals surface area (Å²) in [5.74, 6) is 0. The predicted molar refractivity (Wildman–Crippen MR) is 199 cm³/mol. The van der Waals surface area contributed by atoms with Crippen LogP contribution in [-0.2, 0) is 0 Å². The number of thiophene rings is 2. The van der Waals surface area contributed by atoms with Crippen LogP contribution in [0.3, 0.4) is 0 Å². The van der Waals surface area contributed by atoms with Crippen molar-refractivity contribution in [2.24, 2.45) is 0 Å². The third kappa shape index (κ3) is 4.59. The van der Waals surface area contributed by atoms with Gasteiger partial charge in [-0.2, -0.15) is 5.26 Å². The van der Waals surface area contributed by atoms with E-state index >= 15 is 0 Å². The van der Waals surface area contributed by atoms with E-state index in [4.69, 9.17) is 0 Å². The lowest BCUT2D eigenvalue weighted by atomic mass is 9.92. The van der Waals surface area contributed by atoms with Crippen molar-refractivity contribution in [3.63, 3.8) is 0 Å². The lowest BCUT2D eigenvalue weighted by Gasteiger charge is -2.13. The molecule has 1 nitrogen and oxygen atoms in total. The number of hydrogen-bond donors (Lipinski definition) is 0. The van der Waals surface area contributed by atoms with Crippen LogP contribution in [0.15, 0.2) is 152 Å². The SMILES string of the molecule is N#Cc1ccc(-c2ccc(-c3cc(-c4ccc5sc6ccccc6c5c4)cc(-c4ccc5sc6ccccc6c5c4)c3)cc2)cc1. The highest BCUT2D eigenvalue weighted by molar-refractivity contribution is 7.26. The Morgan fingerprint density at radius 3 is 1.17 bits per heavy atom. The van der Waals surface area contributed by atoms with Crippen LogP contribution in [0.4, 0.5) is 0 Å². The summed E-state index contributed by atoms with van der Waals surface area (Å²) in [5.41, 5.74) is 10.1. The van der Waals surface area contributed by atoms with Crippen molar-refractivity contribution in [3.8, 4) is 50.6 Å². The fraction of sp³-hybridized carbons (Fsp3) is 0. The third-order valence-electron chi connectivity index (χ3n) is 8.92. The first-order chi connectivity index (χ1) is 22.7. The number of rotatable bonds is 4. The van der Waals surface area contributed by atoms with Crippen LogP contribution in [0, 0.1) is 11.3 Å². The van der Waals surface area contributed by atoms with Crippen molar-refractivity contribution in [2.45, 2.75) is 0 Å². The van der Waals surface area contributed by atoms with E-state index in [0.717, 1.165) is 11.1 Å². The monoisotopic (exact) mass is 619 g/mol. The molecule has 0 fully saturated rings. The molecule has 0 aliphatic carbocycles. The molecule has 0 radical (unpaired) electrons. The van der Waals surface area contributed by atoms with Gasteiger partial charge in [-0.1, -0.05) is 84.9 Å². The molecule has 214 valence electrons. The zero-order valence-electron chi connectivity index (χ0n) is 24.7. The van der Waals surface area contributed by atoms with E-state index < -0.39 is 0 Å². The highest BCUT2D eigenvalue weighted by atomic mass is 32.1. The Morgan fingerprint density at radius 1 is 0.326 bits per heavy atom. The van der Waals surface area contributed by atoms with Gasteiger partial charge in [0.25, 0.3) is 0 Å².